The van der Waals surface area contributed by atoms with Gasteiger partial charge in [-0.1, -0.05) is 12.1 Å². The molecule has 0 radical (unpaired) electrons. The molecule has 0 aliphatic rings. The molecule has 0 aliphatic carbocycles. The average molecular weight is 303 g/mol. The molecular formula is C12H19ClN4O3. The van der Waals surface area contributed by atoms with Crippen molar-refractivity contribution in [1.82, 2.24) is 16.2 Å². The Kier molecular flexibility index (Phi) is 8.69. The number of imide groups is 1. The first-order valence-electron chi connectivity index (χ1n) is 5.78. The number of nitrogens with two attached hydrogens (primary N) is 1. The molecule has 20 heavy (non-hydrogen) atoms. The Morgan fingerprint density at radius 1 is 1.30 bits per heavy atom. The van der Waals surface area contributed by atoms with E-state index in [1.165, 1.54) is 0 Å². The van der Waals surface area contributed by atoms with E-state index in [0.29, 0.717) is 12.1 Å². The van der Waals surface area contributed by atoms with Gasteiger partial charge in [-0.2, -0.15) is 0 Å². The maximum absolute atomic E-state index is 11.7. The molecule has 0 spiro atoms. The largest absolute Gasteiger partial charge is 0.394 e. The summed E-state index contributed by atoms with van der Waals surface area (Å²) >= 11 is 0. The number of carbonyl (C=O) groups excluding carboxylic acids is 2. The summed E-state index contributed by atoms with van der Waals surface area (Å²) in [5, 5.41) is 10.8. The van der Waals surface area contributed by atoms with E-state index in [9.17, 15) is 9.59 Å². The quantitative estimate of drug-likeness (QED) is 0.426. The highest BCUT2D eigenvalue weighted by molar-refractivity contribution is 6.06. The van der Waals surface area contributed by atoms with E-state index in [1.807, 2.05) is 0 Å². The van der Waals surface area contributed by atoms with E-state index in [2.05, 4.69) is 16.2 Å². The molecule has 1 aromatic rings. The van der Waals surface area contributed by atoms with Gasteiger partial charge in [0.1, 0.15) is 6.04 Å². The summed E-state index contributed by atoms with van der Waals surface area (Å²) in [6.45, 7) is 0.112. The molecule has 0 saturated carbocycles. The number of hydrazine groups is 1. The third kappa shape index (κ3) is 5.64. The van der Waals surface area contributed by atoms with Gasteiger partial charge in [0.05, 0.1) is 6.61 Å². The predicted molar refractivity (Wildman–Crippen MR) is 77.1 cm³/mol. The van der Waals surface area contributed by atoms with Crippen molar-refractivity contribution in [2.45, 2.75) is 12.6 Å². The van der Waals surface area contributed by atoms with Crippen molar-refractivity contribution in [3.8, 4) is 0 Å². The maximum atomic E-state index is 11.7. The highest BCUT2D eigenvalue weighted by atomic mass is 35.5. The number of aliphatic hydroxyl groups excluding tert-OH is 1. The predicted octanol–water partition coefficient (Wildman–Crippen LogP) is -1.09. The minimum atomic E-state index is -1.09. The Morgan fingerprint density at radius 3 is 2.40 bits per heavy atom. The zero-order valence-corrected chi connectivity index (χ0v) is 11.9. The number of aliphatic hydroxyl groups is 1. The van der Waals surface area contributed by atoms with Gasteiger partial charge in [0.25, 0.3) is 5.91 Å². The molecule has 8 heteroatoms. The molecule has 0 bridgehead atoms. The number of rotatable bonds is 6. The van der Waals surface area contributed by atoms with Gasteiger partial charge in [0.15, 0.2) is 0 Å². The van der Waals surface area contributed by atoms with E-state index in [-0.39, 0.29) is 12.4 Å². The molecule has 0 aliphatic heterocycles. The van der Waals surface area contributed by atoms with Crippen LogP contribution >= 0.6 is 12.4 Å². The topological polar surface area (TPSA) is 116 Å². The standard InChI is InChI=1S/C12H18N4O3.ClH/c1-14-15-6-8-2-4-9(5-3-8)11(18)16-12(19)10(13)7-17;/h2-5,10,14-15,17H,6-7,13H2,1H3,(H,16,18,19);1H/t10-;/m0./s1. The Labute approximate surface area is 123 Å². The Balaban J connectivity index is 0.00000361. The van der Waals surface area contributed by atoms with E-state index in [0.717, 1.165) is 5.56 Å². The number of halogens is 1. The summed E-state index contributed by atoms with van der Waals surface area (Å²) in [5.41, 5.74) is 12.3. The lowest BCUT2D eigenvalue weighted by Crippen LogP contribution is -2.45. The molecule has 7 nitrogen and oxygen atoms in total. The Hall–Kier alpha value is -1.51. The molecule has 0 heterocycles. The number of amides is 2. The van der Waals surface area contributed by atoms with Gasteiger partial charge in [-0.15, -0.1) is 12.4 Å². The normalized spacial score (nSPS) is 11.3. The Morgan fingerprint density at radius 2 is 1.90 bits per heavy atom. The molecule has 0 saturated heterocycles. The second-order valence-corrected chi connectivity index (χ2v) is 3.91. The summed E-state index contributed by atoms with van der Waals surface area (Å²) < 4.78 is 0. The van der Waals surface area contributed by atoms with E-state index < -0.39 is 24.5 Å². The lowest BCUT2D eigenvalue weighted by molar-refractivity contribution is -0.122. The van der Waals surface area contributed by atoms with Crippen molar-refractivity contribution in [1.29, 1.82) is 0 Å². The molecule has 6 N–H and O–H groups in total. The summed E-state index contributed by atoms with van der Waals surface area (Å²) in [6, 6.07) is 5.67. The number of carbonyl (C=O) groups is 2. The number of hydrogen-bond acceptors (Lipinski definition) is 6. The van der Waals surface area contributed by atoms with Crippen molar-refractivity contribution in [3.05, 3.63) is 35.4 Å². The van der Waals surface area contributed by atoms with Crippen molar-refractivity contribution >= 4 is 24.2 Å². The average Bonchev–Trinajstić information content (AvgIpc) is 2.44. The van der Waals surface area contributed by atoms with Crippen LogP contribution in [-0.2, 0) is 11.3 Å². The molecule has 1 aromatic carbocycles. The van der Waals surface area contributed by atoms with E-state index >= 15 is 0 Å². The first-order valence-corrected chi connectivity index (χ1v) is 5.78. The van der Waals surface area contributed by atoms with Crippen LogP contribution in [0.25, 0.3) is 0 Å². The lowest BCUT2D eigenvalue weighted by Gasteiger charge is -2.09. The van der Waals surface area contributed by atoms with Crippen LogP contribution in [-0.4, -0.2) is 36.6 Å². The second-order valence-electron chi connectivity index (χ2n) is 3.91. The van der Waals surface area contributed by atoms with Gasteiger partial charge in [-0.25, -0.2) is 0 Å². The van der Waals surface area contributed by atoms with Gasteiger partial charge >= 0.3 is 0 Å². The third-order valence-electron chi connectivity index (χ3n) is 2.46. The molecule has 112 valence electrons. The van der Waals surface area contributed by atoms with Crippen molar-refractivity contribution in [2.24, 2.45) is 5.73 Å². The number of benzene rings is 1. The van der Waals surface area contributed by atoms with Crippen LogP contribution in [0.3, 0.4) is 0 Å². The highest BCUT2D eigenvalue weighted by Crippen LogP contribution is 2.04. The molecule has 1 atom stereocenters. The summed E-state index contributed by atoms with van der Waals surface area (Å²) in [7, 11) is 1.76. The Bertz CT molecular complexity index is 439. The van der Waals surface area contributed by atoms with Gasteiger partial charge in [0, 0.05) is 12.1 Å². The summed E-state index contributed by atoms with van der Waals surface area (Å²) in [5.74, 6) is -1.24. The first kappa shape index (κ1) is 18.5. The van der Waals surface area contributed by atoms with Crippen LogP contribution in [0, 0.1) is 0 Å². The second kappa shape index (κ2) is 9.40. The monoisotopic (exact) mass is 302 g/mol. The van der Waals surface area contributed by atoms with Crippen LogP contribution < -0.4 is 21.9 Å². The van der Waals surface area contributed by atoms with Crippen LogP contribution in [0.4, 0.5) is 0 Å². The van der Waals surface area contributed by atoms with Gasteiger partial charge in [0.2, 0.25) is 5.91 Å². The van der Waals surface area contributed by atoms with Gasteiger partial charge < -0.3 is 10.8 Å². The molecule has 2 amide bonds. The number of hydrogen-bond donors (Lipinski definition) is 5. The van der Waals surface area contributed by atoms with Crippen LogP contribution in [0.2, 0.25) is 0 Å². The smallest absolute Gasteiger partial charge is 0.257 e. The van der Waals surface area contributed by atoms with Crippen LogP contribution in [0.1, 0.15) is 15.9 Å². The van der Waals surface area contributed by atoms with Crippen LogP contribution in [0.5, 0.6) is 0 Å². The third-order valence-corrected chi connectivity index (χ3v) is 2.46. The summed E-state index contributed by atoms with van der Waals surface area (Å²) in [6.07, 6.45) is 0. The minimum Gasteiger partial charge on any atom is -0.394 e. The van der Waals surface area contributed by atoms with Crippen molar-refractivity contribution in [3.63, 3.8) is 0 Å². The first-order chi connectivity index (χ1) is 9.08. The minimum absolute atomic E-state index is 0. The molecular weight excluding hydrogens is 284 g/mol. The molecule has 1 rings (SSSR count). The lowest BCUT2D eigenvalue weighted by atomic mass is 10.1. The maximum Gasteiger partial charge on any atom is 0.257 e. The zero-order valence-electron chi connectivity index (χ0n) is 11.1. The van der Waals surface area contributed by atoms with Gasteiger partial charge in [-0.3, -0.25) is 25.8 Å². The molecule has 0 aromatic heterocycles. The van der Waals surface area contributed by atoms with Crippen molar-refractivity contribution in [2.75, 3.05) is 13.7 Å². The fourth-order valence-electron chi connectivity index (χ4n) is 1.32. The highest BCUT2D eigenvalue weighted by Gasteiger charge is 2.16. The summed E-state index contributed by atoms with van der Waals surface area (Å²) in [4.78, 5) is 23.0. The zero-order chi connectivity index (χ0) is 14.3. The van der Waals surface area contributed by atoms with Crippen LogP contribution in [0.15, 0.2) is 24.3 Å². The number of nitrogens with one attached hydrogen (secondary N) is 3. The fourth-order valence-corrected chi connectivity index (χ4v) is 1.32. The van der Waals surface area contributed by atoms with Gasteiger partial charge in [-0.05, 0) is 24.7 Å². The van der Waals surface area contributed by atoms with E-state index in [4.69, 9.17) is 10.8 Å². The van der Waals surface area contributed by atoms with Crippen molar-refractivity contribution < 1.29 is 14.7 Å². The SMILES string of the molecule is CNNCc1ccc(C(=O)NC(=O)[C@@H](N)CO)cc1.Cl. The van der Waals surface area contributed by atoms with E-state index in [1.54, 1.807) is 31.3 Å². The molecule has 0 unspecified atom stereocenters. The fraction of sp³-hybridized carbons (Fsp3) is 0.333. The molecule has 0 fully saturated rings.